The highest BCUT2D eigenvalue weighted by Gasteiger charge is 2.36. The lowest BCUT2D eigenvalue weighted by molar-refractivity contribution is 0.301. The van der Waals surface area contributed by atoms with Gasteiger partial charge >= 0.3 is 0 Å². The van der Waals surface area contributed by atoms with E-state index in [2.05, 4.69) is 4.99 Å². The van der Waals surface area contributed by atoms with E-state index in [4.69, 9.17) is 13.3 Å². The van der Waals surface area contributed by atoms with Crippen molar-refractivity contribution in [1.82, 2.24) is 0 Å². The van der Waals surface area contributed by atoms with Crippen molar-refractivity contribution in [3.8, 4) is 0 Å². The van der Waals surface area contributed by atoms with Crippen molar-refractivity contribution in [2.75, 3.05) is 6.61 Å². The van der Waals surface area contributed by atoms with Gasteiger partial charge in [0.2, 0.25) is 4.58 Å². The van der Waals surface area contributed by atoms with Gasteiger partial charge < -0.3 is 5.11 Å². The Bertz CT molecular complexity index is 604. The number of hydrogen-bond acceptors (Lipinski definition) is 7. The van der Waals surface area contributed by atoms with Crippen LogP contribution in [0.1, 0.15) is 20.3 Å². The second-order valence-electron chi connectivity index (χ2n) is 3.66. The van der Waals surface area contributed by atoms with E-state index >= 15 is 0 Å². The number of hydrogen-bond donors (Lipinski definition) is 2. The quantitative estimate of drug-likeness (QED) is 0.673. The molecule has 1 radical (unpaired) electrons. The summed E-state index contributed by atoms with van der Waals surface area (Å²) in [6.45, 7) is 2.22. The third kappa shape index (κ3) is 4.00. The molecule has 0 aromatic rings. The standard InChI is InChI=1S/C8H14NO7S3/c1-6-8(3-4-10)17(5-9-6)16-19(14,15)7(2)18(11,12)13/h5,7,10H,3-4H2,1-2H3,(H,11,12,13). The van der Waals surface area contributed by atoms with E-state index in [9.17, 15) is 16.8 Å². The Kier molecular flexibility index (Phi) is 5.15. The lowest BCUT2D eigenvalue weighted by Crippen LogP contribution is -2.28. The highest BCUT2D eigenvalue weighted by atomic mass is 32.3. The fourth-order valence-electron chi connectivity index (χ4n) is 1.16. The van der Waals surface area contributed by atoms with Crippen molar-refractivity contribution in [3.05, 3.63) is 10.6 Å². The number of allylic oxidation sites excluding steroid dienone is 1. The fourth-order valence-corrected chi connectivity index (χ4v) is 5.38. The van der Waals surface area contributed by atoms with Crippen LogP contribution in [0, 0.1) is 0 Å². The minimum Gasteiger partial charge on any atom is -0.396 e. The molecule has 0 fully saturated rings. The van der Waals surface area contributed by atoms with E-state index in [0.29, 0.717) is 10.6 Å². The molecular weight excluding hydrogens is 318 g/mol. The van der Waals surface area contributed by atoms with Crippen molar-refractivity contribution >= 4 is 37.0 Å². The Morgan fingerprint density at radius 3 is 2.47 bits per heavy atom. The molecule has 1 aliphatic rings. The van der Waals surface area contributed by atoms with Gasteiger partial charge in [0.15, 0.2) is 0 Å². The molecule has 11 heteroatoms. The zero-order valence-corrected chi connectivity index (χ0v) is 12.6. The second kappa shape index (κ2) is 5.89. The maximum Gasteiger partial charge on any atom is 0.297 e. The first-order valence-electron chi connectivity index (χ1n) is 5.07. The van der Waals surface area contributed by atoms with Gasteiger partial charge in [-0.15, -0.1) is 0 Å². The number of rotatable bonds is 6. The van der Waals surface area contributed by atoms with E-state index in [0.717, 1.165) is 6.92 Å². The molecule has 2 N–H and O–H groups in total. The minimum absolute atomic E-state index is 0.171. The zero-order valence-electron chi connectivity index (χ0n) is 10.2. The molecule has 0 saturated heterocycles. The molecule has 19 heavy (non-hydrogen) atoms. The van der Waals surface area contributed by atoms with Crippen molar-refractivity contribution in [3.63, 3.8) is 0 Å². The maximum atomic E-state index is 11.7. The van der Waals surface area contributed by atoms with Gasteiger partial charge in [-0.2, -0.15) is 20.5 Å². The lowest BCUT2D eigenvalue weighted by Gasteiger charge is -2.16. The van der Waals surface area contributed by atoms with Crippen molar-refractivity contribution in [2.45, 2.75) is 24.9 Å². The molecule has 1 atom stereocenters. The lowest BCUT2D eigenvalue weighted by atomic mass is 10.3. The van der Waals surface area contributed by atoms with E-state index in [1.54, 1.807) is 6.92 Å². The molecule has 8 nitrogen and oxygen atoms in total. The first-order chi connectivity index (χ1) is 8.59. The van der Waals surface area contributed by atoms with Gasteiger partial charge in [-0.3, -0.25) is 9.55 Å². The van der Waals surface area contributed by atoms with Crippen LogP contribution in [0.5, 0.6) is 0 Å². The summed E-state index contributed by atoms with van der Waals surface area (Å²) in [5.41, 5.74) is 1.75. The van der Waals surface area contributed by atoms with E-state index in [-0.39, 0.29) is 13.0 Å². The first kappa shape index (κ1) is 16.6. The first-order valence-corrected chi connectivity index (χ1v) is 9.26. The molecule has 0 bridgehead atoms. The van der Waals surface area contributed by atoms with Gasteiger partial charge in [-0.05, 0) is 13.8 Å². The third-order valence-corrected chi connectivity index (χ3v) is 8.04. The molecule has 0 aromatic carbocycles. The Balaban J connectivity index is 2.95. The topological polar surface area (TPSA) is 130 Å². The third-order valence-electron chi connectivity index (χ3n) is 2.32. The fraction of sp³-hybridized carbons (Fsp3) is 0.625. The number of nitrogens with zero attached hydrogens (tertiary/aromatic N) is 1. The summed E-state index contributed by atoms with van der Waals surface area (Å²) in [6.07, 6.45) is 0.171. The molecule has 1 heterocycles. The van der Waals surface area contributed by atoms with Crippen LogP contribution >= 0.6 is 11.2 Å². The van der Waals surface area contributed by atoms with Crippen LogP contribution < -0.4 is 0 Å². The molecule has 0 amide bonds. The largest absolute Gasteiger partial charge is 0.396 e. The van der Waals surface area contributed by atoms with Gasteiger partial charge in [-0.25, -0.2) is 0 Å². The summed E-state index contributed by atoms with van der Waals surface area (Å²) in [6, 6.07) is 0. The van der Waals surface area contributed by atoms with Crippen molar-refractivity contribution < 1.29 is 30.1 Å². The van der Waals surface area contributed by atoms with Crippen LogP contribution in [0.25, 0.3) is 0 Å². The Labute approximate surface area is 114 Å². The van der Waals surface area contributed by atoms with Gasteiger partial charge in [-0.1, -0.05) is 0 Å². The Morgan fingerprint density at radius 1 is 1.42 bits per heavy atom. The van der Waals surface area contributed by atoms with E-state index < -0.39 is 36.0 Å². The summed E-state index contributed by atoms with van der Waals surface area (Å²) in [7, 11) is -9.27. The highest BCUT2D eigenvalue weighted by molar-refractivity contribution is 8.31. The van der Waals surface area contributed by atoms with Crippen LogP contribution in [0.4, 0.5) is 0 Å². The SMILES string of the molecule is CC1=C(CCO)[S](OS(=O)(=O)C(C)S(=O)(=O)O)C=N1. The smallest absolute Gasteiger partial charge is 0.297 e. The molecule has 1 rings (SSSR count). The second-order valence-corrected chi connectivity index (χ2v) is 9.23. The van der Waals surface area contributed by atoms with E-state index in [1.165, 1.54) is 5.55 Å². The zero-order chi connectivity index (χ0) is 14.8. The number of aliphatic hydroxyl groups excluding tert-OH is 1. The molecule has 0 aliphatic carbocycles. The van der Waals surface area contributed by atoms with E-state index in [1.807, 2.05) is 0 Å². The van der Waals surface area contributed by atoms with Gasteiger partial charge in [0.25, 0.3) is 20.2 Å². The molecule has 0 aromatic heterocycles. The van der Waals surface area contributed by atoms with Crippen molar-refractivity contribution in [2.24, 2.45) is 4.99 Å². The van der Waals surface area contributed by atoms with Gasteiger partial charge in [0, 0.05) is 34.8 Å². The Hall–Kier alpha value is -0.460. The van der Waals surface area contributed by atoms with Gasteiger partial charge in [0.05, 0.1) is 5.55 Å². The normalized spacial score (nSPS) is 19.2. The summed E-state index contributed by atoms with van der Waals surface area (Å²) in [4.78, 5) is 4.36. The van der Waals surface area contributed by atoms with Crippen LogP contribution in [0.3, 0.4) is 0 Å². The minimum atomic E-state index is -4.76. The molecular formula is C8H14NO7S3. The Morgan fingerprint density at radius 2 is 2.00 bits per heavy atom. The molecule has 0 spiro atoms. The summed E-state index contributed by atoms with van der Waals surface area (Å²) in [5.74, 6) is 0. The predicted octanol–water partition coefficient (Wildman–Crippen LogP) is 0.406. The monoisotopic (exact) mass is 332 g/mol. The van der Waals surface area contributed by atoms with Crippen LogP contribution in [0.2, 0.25) is 0 Å². The highest BCUT2D eigenvalue weighted by Crippen LogP contribution is 2.44. The van der Waals surface area contributed by atoms with Crippen molar-refractivity contribution in [1.29, 1.82) is 0 Å². The molecule has 111 valence electrons. The van der Waals surface area contributed by atoms with Crippen LogP contribution in [-0.4, -0.2) is 43.2 Å². The van der Waals surface area contributed by atoms with Crippen LogP contribution in [-0.2, 0) is 23.9 Å². The predicted molar refractivity (Wildman–Crippen MR) is 71.5 cm³/mol. The number of aliphatic imine (C=N–C) groups is 1. The summed E-state index contributed by atoms with van der Waals surface area (Å²) < 4.78 is 56.5. The maximum absolute atomic E-state index is 11.7. The average molecular weight is 332 g/mol. The number of aliphatic hydroxyl groups is 1. The van der Waals surface area contributed by atoms with Gasteiger partial charge in [0.1, 0.15) is 0 Å². The molecule has 1 unspecified atom stereocenters. The molecule has 0 saturated carbocycles. The summed E-state index contributed by atoms with van der Waals surface area (Å²) in [5, 5.41) is 8.87. The van der Waals surface area contributed by atoms with Crippen LogP contribution in [0.15, 0.2) is 15.6 Å². The summed E-state index contributed by atoms with van der Waals surface area (Å²) >= 11 is -1.36. The molecule has 1 aliphatic heterocycles. The average Bonchev–Trinajstić information content (AvgIpc) is 2.59.